The minimum absolute atomic E-state index is 0.0621. The van der Waals surface area contributed by atoms with E-state index in [1.807, 2.05) is 48.6 Å². The average Bonchev–Trinajstić information content (AvgIpc) is 3.44. The summed E-state index contributed by atoms with van der Waals surface area (Å²) < 4.78 is 1.77. The van der Waals surface area contributed by atoms with Crippen LogP contribution in [0.1, 0.15) is 5.56 Å². The number of nitrogens with one attached hydrogen (secondary N) is 2. The summed E-state index contributed by atoms with van der Waals surface area (Å²) in [4.78, 5) is 28.9. The molecule has 32 heavy (non-hydrogen) atoms. The molecule has 1 aliphatic heterocycles. The first kappa shape index (κ1) is 20.3. The molecule has 164 valence electrons. The number of urea groups is 1. The molecule has 0 radical (unpaired) electrons. The van der Waals surface area contributed by atoms with Crippen molar-refractivity contribution in [3.63, 3.8) is 0 Å². The molecular formula is C22H23ClN8O. The third-order valence-corrected chi connectivity index (χ3v) is 5.90. The van der Waals surface area contributed by atoms with Crippen molar-refractivity contribution in [2.24, 2.45) is 7.05 Å². The van der Waals surface area contributed by atoms with Gasteiger partial charge in [-0.2, -0.15) is 5.10 Å². The number of aromatic nitrogens is 5. The van der Waals surface area contributed by atoms with Crippen molar-refractivity contribution in [1.29, 1.82) is 0 Å². The Bertz CT molecular complexity index is 1240. The second-order valence-electron chi connectivity index (χ2n) is 7.80. The van der Waals surface area contributed by atoms with Crippen molar-refractivity contribution in [2.45, 2.75) is 6.54 Å². The highest BCUT2D eigenvalue weighted by atomic mass is 35.5. The first-order chi connectivity index (χ1) is 15.6. The molecule has 1 aromatic carbocycles. The third kappa shape index (κ3) is 4.11. The molecule has 2 amide bonds. The van der Waals surface area contributed by atoms with Gasteiger partial charge in [0.2, 0.25) is 0 Å². The van der Waals surface area contributed by atoms with E-state index in [4.69, 9.17) is 11.6 Å². The Hall–Kier alpha value is -3.59. The Labute approximate surface area is 190 Å². The highest BCUT2D eigenvalue weighted by Gasteiger charge is 2.23. The Morgan fingerprint density at radius 3 is 2.66 bits per heavy atom. The van der Waals surface area contributed by atoms with E-state index in [-0.39, 0.29) is 6.03 Å². The summed E-state index contributed by atoms with van der Waals surface area (Å²) in [6.07, 6.45) is 5.35. The molecule has 4 heterocycles. The molecule has 4 aromatic rings. The van der Waals surface area contributed by atoms with Gasteiger partial charge in [0, 0.05) is 56.6 Å². The largest absolute Gasteiger partial charge is 0.352 e. The maximum atomic E-state index is 12.6. The summed E-state index contributed by atoms with van der Waals surface area (Å²) in [5, 5.41) is 8.87. The summed E-state index contributed by atoms with van der Waals surface area (Å²) in [5.74, 6) is 0.877. The second kappa shape index (κ2) is 8.51. The van der Waals surface area contributed by atoms with Crippen LogP contribution in [0.5, 0.6) is 0 Å². The Kier molecular flexibility index (Phi) is 5.40. The van der Waals surface area contributed by atoms with Crippen LogP contribution in [-0.4, -0.2) is 61.8 Å². The second-order valence-corrected chi connectivity index (χ2v) is 8.24. The Balaban J connectivity index is 1.24. The lowest BCUT2D eigenvalue weighted by Crippen LogP contribution is -2.52. The number of hydrogen-bond donors (Lipinski definition) is 2. The van der Waals surface area contributed by atoms with E-state index < -0.39 is 0 Å². The fourth-order valence-corrected chi connectivity index (χ4v) is 4.03. The lowest BCUT2D eigenvalue weighted by molar-refractivity contribution is 0.194. The zero-order valence-electron chi connectivity index (χ0n) is 17.6. The number of carbonyl (C=O) groups excluding carboxylic acids is 1. The number of carbonyl (C=O) groups is 1. The number of aromatic amines is 1. The Morgan fingerprint density at radius 2 is 1.94 bits per heavy atom. The standard InChI is InChI=1S/C22H23ClN8O/c1-29-13-16(12-27-29)19-10-18-20(28-19)25-14-26-21(18)30-6-8-31(9-7-30)22(32)24-11-15-2-4-17(23)5-3-15/h2-5,10,12-14H,6-9,11H2,1H3,(H,24,32)(H,25,26,28). The average molecular weight is 451 g/mol. The first-order valence-electron chi connectivity index (χ1n) is 10.4. The molecule has 0 bridgehead atoms. The van der Waals surface area contributed by atoms with E-state index in [1.54, 1.807) is 11.0 Å². The molecule has 10 heteroatoms. The molecule has 9 nitrogen and oxygen atoms in total. The van der Waals surface area contributed by atoms with Crippen LogP contribution in [-0.2, 0) is 13.6 Å². The van der Waals surface area contributed by atoms with Crippen LogP contribution < -0.4 is 10.2 Å². The van der Waals surface area contributed by atoms with Gasteiger partial charge in [-0.25, -0.2) is 14.8 Å². The molecule has 0 saturated carbocycles. The summed E-state index contributed by atoms with van der Waals surface area (Å²) in [7, 11) is 1.89. The van der Waals surface area contributed by atoms with E-state index in [9.17, 15) is 4.79 Å². The number of benzene rings is 1. The number of H-pyrrole nitrogens is 1. The smallest absolute Gasteiger partial charge is 0.317 e. The topological polar surface area (TPSA) is 95.0 Å². The fourth-order valence-electron chi connectivity index (χ4n) is 3.91. The number of hydrogen-bond acceptors (Lipinski definition) is 5. The number of anilines is 1. The van der Waals surface area contributed by atoms with Crippen molar-refractivity contribution in [3.05, 3.63) is 59.6 Å². The van der Waals surface area contributed by atoms with Crippen molar-refractivity contribution in [2.75, 3.05) is 31.1 Å². The van der Waals surface area contributed by atoms with Crippen LogP contribution >= 0.6 is 11.6 Å². The van der Waals surface area contributed by atoms with Crippen molar-refractivity contribution in [1.82, 2.24) is 34.9 Å². The SMILES string of the molecule is Cn1cc(-c2cc3c(N4CCN(C(=O)NCc5ccc(Cl)cc5)CC4)ncnc3[nH]2)cn1. The van der Waals surface area contributed by atoms with Crippen LogP contribution in [0.15, 0.2) is 49.1 Å². The van der Waals surface area contributed by atoms with E-state index in [0.29, 0.717) is 37.7 Å². The highest BCUT2D eigenvalue weighted by Crippen LogP contribution is 2.29. The fraction of sp³-hybridized carbons (Fsp3) is 0.273. The normalized spacial score (nSPS) is 14.2. The predicted octanol–water partition coefficient (Wildman–Crippen LogP) is 3.04. The van der Waals surface area contributed by atoms with Crippen LogP contribution in [0.4, 0.5) is 10.6 Å². The molecule has 0 spiro atoms. The van der Waals surface area contributed by atoms with E-state index in [2.05, 4.69) is 36.3 Å². The van der Waals surface area contributed by atoms with Gasteiger partial charge in [0.25, 0.3) is 0 Å². The predicted molar refractivity (Wildman–Crippen MR) is 124 cm³/mol. The number of nitrogens with zero attached hydrogens (tertiary/aromatic N) is 6. The van der Waals surface area contributed by atoms with E-state index in [0.717, 1.165) is 33.7 Å². The number of halogens is 1. The van der Waals surface area contributed by atoms with Gasteiger partial charge in [-0.05, 0) is 23.8 Å². The molecule has 0 atom stereocenters. The summed E-state index contributed by atoms with van der Waals surface area (Å²) in [6.45, 7) is 3.13. The molecular weight excluding hydrogens is 428 g/mol. The molecule has 0 unspecified atom stereocenters. The zero-order valence-corrected chi connectivity index (χ0v) is 18.4. The molecule has 1 saturated heterocycles. The third-order valence-electron chi connectivity index (χ3n) is 5.64. The van der Waals surface area contributed by atoms with Gasteiger partial charge in [0.05, 0.1) is 17.3 Å². The number of fused-ring (bicyclic) bond motifs is 1. The monoisotopic (exact) mass is 450 g/mol. The summed E-state index contributed by atoms with van der Waals surface area (Å²) in [5.41, 5.74) is 3.76. The van der Waals surface area contributed by atoms with E-state index >= 15 is 0 Å². The van der Waals surface area contributed by atoms with E-state index in [1.165, 1.54) is 0 Å². The molecule has 5 rings (SSSR count). The van der Waals surface area contributed by atoms with Gasteiger partial charge in [0.15, 0.2) is 0 Å². The minimum atomic E-state index is -0.0621. The molecule has 2 N–H and O–H groups in total. The number of amides is 2. The van der Waals surface area contributed by atoms with Crippen LogP contribution in [0.3, 0.4) is 0 Å². The number of piperazine rings is 1. The van der Waals surface area contributed by atoms with Crippen LogP contribution in [0.25, 0.3) is 22.3 Å². The quantitative estimate of drug-likeness (QED) is 0.498. The van der Waals surface area contributed by atoms with Crippen molar-refractivity contribution >= 4 is 34.5 Å². The highest BCUT2D eigenvalue weighted by molar-refractivity contribution is 6.30. The number of rotatable bonds is 4. The minimum Gasteiger partial charge on any atom is -0.352 e. The lowest BCUT2D eigenvalue weighted by atomic mass is 10.2. The van der Waals surface area contributed by atoms with Gasteiger partial charge in [-0.1, -0.05) is 23.7 Å². The van der Waals surface area contributed by atoms with Gasteiger partial charge in [-0.3, -0.25) is 4.68 Å². The van der Waals surface area contributed by atoms with Gasteiger partial charge in [0.1, 0.15) is 17.8 Å². The van der Waals surface area contributed by atoms with Crippen molar-refractivity contribution < 1.29 is 4.79 Å². The van der Waals surface area contributed by atoms with Crippen LogP contribution in [0, 0.1) is 0 Å². The molecule has 0 aliphatic carbocycles. The maximum absolute atomic E-state index is 12.6. The first-order valence-corrected chi connectivity index (χ1v) is 10.8. The zero-order chi connectivity index (χ0) is 22.1. The number of aryl methyl sites for hydroxylation is 1. The molecule has 1 fully saturated rings. The summed E-state index contributed by atoms with van der Waals surface area (Å²) >= 11 is 5.92. The maximum Gasteiger partial charge on any atom is 0.317 e. The molecule has 1 aliphatic rings. The van der Waals surface area contributed by atoms with Crippen LogP contribution in [0.2, 0.25) is 5.02 Å². The van der Waals surface area contributed by atoms with Crippen molar-refractivity contribution in [3.8, 4) is 11.3 Å². The van der Waals surface area contributed by atoms with Gasteiger partial charge < -0.3 is 20.1 Å². The summed E-state index contributed by atoms with van der Waals surface area (Å²) in [6, 6.07) is 9.48. The van der Waals surface area contributed by atoms with Gasteiger partial charge in [-0.15, -0.1) is 0 Å². The van der Waals surface area contributed by atoms with Gasteiger partial charge >= 0.3 is 6.03 Å². The lowest BCUT2D eigenvalue weighted by Gasteiger charge is -2.35. The Morgan fingerprint density at radius 1 is 1.16 bits per heavy atom. The molecule has 3 aromatic heterocycles.